The normalized spacial score (nSPS) is 18.3. The molecular formula is C19H27ClFN5O. The summed E-state index contributed by atoms with van der Waals surface area (Å²) < 4.78 is 15.7. The second kappa shape index (κ2) is 8.80. The molecule has 0 saturated carbocycles. The van der Waals surface area contributed by atoms with Gasteiger partial charge in [0.05, 0.1) is 0 Å². The van der Waals surface area contributed by atoms with Crippen molar-refractivity contribution in [3.8, 4) is 5.69 Å². The van der Waals surface area contributed by atoms with Crippen molar-refractivity contribution in [2.45, 2.75) is 58.0 Å². The highest BCUT2D eigenvalue weighted by Crippen LogP contribution is 2.23. The summed E-state index contributed by atoms with van der Waals surface area (Å²) in [5, 5.41) is 4.36. The van der Waals surface area contributed by atoms with Crippen molar-refractivity contribution in [2.75, 3.05) is 6.54 Å². The molecule has 8 heteroatoms. The number of piperidine rings is 1. The number of likely N-dealkylation sites (tertiary alicyclic amines) is 1. The van der Waals surface area contributed by atoms with Gasteiger partial charge in [0.25, 0.3) is 5.91 Å². The highest BCUT2D eigenvalue weighted by atomic mass is 35.5. The van der Waals surface area contributed by atoms with Crippen LogP contribution in [0.15, 0.2) is 24.3 Å². The SMILES string of the molecule is CC(C)c1nc(C(=O)N2CCCCC2C(C)N)nn1-c1ccccc1F.Cl. The molecule has 1 aliphatic rings. The maximum atomic E-state index is 14.3. The maximum absolute atomic E-state index is 14.3. The third kappa shape index (κ3) is 4.30. The molecule has 1 aromatic carbocycles. The zero-order chi connectivity index (χ0) is 18.8. The third-order valence-electron chi connectivity index (χ3n) is 4.84. The Morgan fingerprint density at radius 2 is 1.96 bits per heavy atom. The summed E-state index contributed by atoms with van der Waals surface area (Å²) in [4.78, 5) is 19.3. The zero-order valence-corrected chi connectivity index (χ0v) is 16.7. The molecule has 2 aromatic rings. The Bertz CT molecular complexity index is 792. The lowest BCUT2D eigenvalue weighted by atomic mass is 9.97. The second-order valence-corrected chi connectivity index (χ2v) is 7.23. The van der Waals surface area contributed by atoms with Crippen LogP contribution in [-0.4, -0.2) is 44.2 Å². The van der Waals surface area contributed by atoms with Crippen LogP contribution in [0.2, 0.25) is 0 Å². The lowest BCUT2D eigenvalue weighted by molar-refractivity contribution is 0.0571. The van der Waals surface area contributed by atoms with E-state index in [4.69, 9.17) is 5.73 Å². The van der Waals surface area contributed by atoms with Gasteiger partial charge in [0.1, 0.15) is 17.3 Å². The lowest BCUT2D eigenvalue weighted by Gasteiger charge is -2.37. The van der Waals surface area contributed by atoms with Gasteiger partial charge in [-0.25, -0.2) is 14.1 Å². The molecule has 6 nitrogen and oxygen atoms in total. The van der Waals surface area contributed by atoms with Crippen LogP contribution in [-0.2, 0) is 0 Å². The van der Waals surface area contributed by atoms with Crippen molar-refractivity contribution < 1.29 is 9.18 Å². The number of amides is 1. The molecule has 2 heterocycles. The lowest BCUT2D eigenvalue weighted by Crippen LogP contribution is -2.51. The third-order valence-corrected chi connectivity index (χ3v) is 4.84. The van der Waals surface area contributed by atoms with Gasteiger partial charge < -0.3 is 10.6 Å². The molecular weight excluding hydrogens is 369 g/mol. The summed E-state index contributed by atoms with van der Waals surface area (Å²) in [6, 6.07) is 6.24. The van der Waals surface area contributed by atoms with Crippen LogP contribution in [0.3, 0.4) is 0 Å². The Hall–Kier alpha value is -1.99. The van der Waals surface area contributed by atoms with Gasteiger partial charge in [-0.2, -0.15) is 0 Å². The van der Waals surface area contributed by atoms with Crippen molar-refractivity contribution in [1.82, 2.24) is 19.7 Å². The fraction of sp³-hybridized carbons (Fsp3) is 0.526. The van der Waals surface area contributed by atoms with Gasteiger partial charge in [0.2, 0.25) is 5.82 Å². The number of halogens is 2. The number of hydrogen-bond acceptors (Lipinski definition) is 4. The molecule has 0 spiro atoms. The average Bonchev–Trinajstić information content (AvgIpc) is 3.07. The largest absolute Gasteiger partial charge is 0.331 e. The molecule has 1 saturated heterocycles. The van der Waals surface area contributed by atoms with E-state index in [1.54, 1.807) is 23.1 Å². The molecule has 1 aromatic heterocycles. The van der Waals surface area contributed by atoms with Crippen molar-refractivity contribution >= 4 is 18.3 Å². The van der Waals surface area contributed by atoms with Crippen molar-refractivity contribution in [2.24, 2.45) is 5.73 Å². The Morgan fingerprint density at radius 1 is 1.26 bits per heavy atom. The fourth-order valence-corrected chi connectivity index (χ4v) is 3.47. The van der Waals surface area contributed by atoms with E-state index in [-0.39, 0.29) is 42.1 Å². The summed E-state index contributed by atoms with van der Waals surface area (Å²) in [6.45, 7) is 6.46. The van der Waals surface area contributed by atoms with Gasteiger partial charge in [0, 0.05) is 24.5 Å². The van der Waals surface area contributed by atoms with Crippen LogP contribution in [0.5, 0.6) is 0 Å². The zero-order valence-electron chi connectivity index (χ0n) is 15.9. The van der Waals surface area contributed by atoms with Crippen molar-refractivity contribution in [1.29, 1.82) is 0 Å². The van der Waals surface area contributed by atoms with Crippen LogP contribution in [0, 0.1) is 5.82 Å². The van der Waals surface area contributed by atoms with E-state index in [0.717, 1.165) is 19.3 Å². The summed E-state index contributed by atoms with van der Waals surface area (Å²) in [6.07, 6.45) is 2.89. The van der Waals surface area contributed by atoms with Crippen LogP contribution in [0.1, 0.15) is 62.4 Å². The highest BCUT2D eigenvalue weighted by Gasteiger charge is 2.32. The number of hydrogen-bond donors (Lipinski definition) is 1. The molecule has 2 atom stereocenters. The number of benzene rings is 1. The molecule has 0 aliphatic carbocycles. The van der Waals surface area contributed by atoms with Gasteiger partial charge in [-0.05, 0) is 38.3 Å². The van der Waals surface area contributed by atoms with E-state index in [9.17, 15) is 9.18 Å². The topological polar surface area (TPSA) is 77.0 Å². The minimum Gasteiger partial charge on any atom is -0.331 e. The molecule has 0 radical (unpaired) electrons. The number of carbonyl (C=O) groups is 1. The van der Waals surface area contributed by atoms with Crippen molar-refractivity contribution in [3.63, 3.8) is 0 Å². The number of carbonyl (C=O) groups excluding carboxylic acids is 1. The first-order valence-corrected chi connectivity index (χ1v) is 9.18. The first-order chi connectivity index (χ1) is 12.4. The monoisotopic (exact) mass is 395 g/mol. The van der Waals surface area contributed by atoms with Crippen molar-refractivity contribution in [3.05, 3.63) is 41.7 Å². The van der Waals surface area contributed by atoms with E-state index < -0.39 is 5.82 Å². The van der Waals surface area contributed by atoms with Crippen LogP contribution in [0.4, 0.5) is 4.39 Å². The predicted molar refractivity (Wildman–Crippen MR) is 105 cm³/mol. The fourth-order valence-electron chi connectivity index (χ4n) is 3.47. The molecule has 3 rings (SSSR count). The van der Waals surface area contributed by atoms with Crippen LogP contribution >= 0.6 is 12.4 Å². The molecule has 0 bridgehead atoms. The van der Waals surface area contributed by atoms with Gasteiger partial charge in [-0.1, -0.05) is 26.0 Å². The van der Waals surface area contributed by atoms with E-state index in [2.05, 4.69) is 10.1 Å². The first kappa shape index (κ1) is 21.3. The molecule has 1 fully saturated rings. The highest BCUT2D eigenvalue weighted by molar-refractivity contribution is 5.91. The summed E-state index contributed by atoms with van der Waals surface area (Å²) in [5.41, 5.74) is 6.37. The number of nitrogens with zero attached hydrogens (tertiary/aromatic N) is 4. The van der Waals surface area contributed by atoms with E-state index in [1.165, 1.54) is 10.7 Å². The molecule has 2 N–H and O–H groups in total. The Balaban J connectivity index is 0.00000261. The minimum absolute atomic E-state index is 0. The Kier molecular flexibility index (Phi) is 6.95. The number of nitrogens with two attached hydrogens (primary N) is 1. The standard InChI is InChI=1S/C19H26FN5O.ClH/c1-12(2)18-22-17(23-25(18)16-10-5-4-8-14(16)20)19(26)24-11-7-6-9-15(24)13(3)21;/h4-5,8,10,12-13,15H,6-7,9,11,21H2,1-3H3;1H. The summed E-state index contributed by atoms with van der Waals surface area (Å²) in [7, 11) is 0. The maximum Gasteiger partial charge on any atom is 0.293 e. The minimum atomic E-state index is -0.398. The summed E-state index contributed by atoms with van der Waals surface area (Å²) >= 11 is 0. The number of rotatable bonds is 4. The van der Waals surface area contributed by atoms with Gasteiger partial charge in [-0.3, -0.25) is 4.79 Å². The summed E-state index contributed by atoms with van der Waals surface area (Å²) in [5.74, 6) is 0.0280. The Labute approximate surface area is 165 Å². The van der Waals surface area contributed by atoms with E-state index in [0.29, 0.717) is 18.1 Å². The van der Waals surface area contributed by atoms with Gasteiger partial charge in [0.15, 0.2) is 0 Å². The van der Waals surface area contributed by atoms with Gasteiger partial charge in [-0.15, -0.1) is 17.5 Å². The van der Waals surface area contributed by atoms with E-state index >= 15 is 0 Å². The second-order valence-electron chi connectivity index (χ2n) is 7.23. The smallest absolute Gasteiger partial charge is 0.293 e. The number of para-hydroxylation sites is 1. The average molecular weight is 396 g/mol. The van der Waals surface area contributed by atoms with Gasteiger partial charge >= 0.3 is 0 Å². The van der Waals surface area contributed by atoms with Crippen LogP contribution < -0.4 is 5.73 Å². The molecule has 1 aliphatic heterocycles. The molecule has 2 unspecified atom stereocenters. The quantitative estimate of drug-likeness (QED) is 0.861. The predicted octanol–water partition coefficient (Wildman–Crippen LogP) is 3.29. The molecule has 27 heavy (non-hydrogen) atoms. The number of aromatic nitrogens is 3. The first-order valence-electron chi connectivity index (χ1n) is 9.18. The Morgan fingerprint density at radius 3 is 2.59 bits per heavy atom. The van der Waals surface area contributed by atoms with E-state index in [1.807, 2.05) is 20.8 Å². The molecule has 1 amide bonds. The molecule has 148 valence electrons. The van der Waals surface area contributed by atoms with Crippen LogP contribution in [0.25, 0.3) is 5.69 Å².